The van der Waals surface area contributed by atoms with Crippen molar-refractivity contribution in [3.63, 3.8) is 0 Å². The van der Waals surface area contributed by atoms with E-state index in [2.05, 4.69) is 41.7 Å². The van der Waals surface area contributed by atoms with Gasteiger partial charge < -0.3 is 14.8 Å². The zero-order chi connectivity index (χ0) is 17.9. The maximum atomic E-state index is 11.7. The van der Waals surface area contributed by atoms with Gasteiger partial charge in [-0.05, 0) is 41.0 Å². The maximum Gasteiger partial charge on any atom is 0.355 e. The summed E-state index contributed by atoms with van der Waals surface area (Å²) in [5, 5.41) is 12.8. The van der Waals surface area contributed by atoms with E-state index in [1.165, 1.54) is 5.56 Å². The third kappa shape index (κ3) is 3.05. The molecule has 2 aromatic carbocycles. The van der Waals surface area contributed by atoms with Crippen molar-refractivity contribution < 1.29 is 9.90 Å². The molecule has 0 aliphatic carbocycles. The molecule has 0 radical (unpaired) electrons. The number of hydrogen-bond donors (Lipinski definition) is 2. The Morgan fingerprint density at radius 3 is 2.31 bits per heavy atom. The van der Waals surface area contributed by atoms with Crippen LogP contribution in [0.2, 0.25) is 0 Å². The van der Waals surface area contributed by atoms with Crippen molar-refractivity contribution in [1.29, 1.82) is 0 Å². The van der Waals surface area contributed by atoms with Crippen LogP contribution in [0.25, 0.3) is 16.6 Å². The molecule has 0 bridgehead atoms. The first-order chi connectivity index (χ1) is 12.7. The normalized spacial score (nSPS) is 10.8. The van der Waals surface area contributed by atoms with E-state index in [9.17, 15) is 9.90 Å². The number of carboxylic acids is 1. The van der Waals surface area contributed by atoms with Gasteiger partial charge in [0.05, 0.1) is 5.69 Å². The smallest absolute Gasteiger partial charge is 0.355 e. The van der Waals surface area contributed by atoms with Crippen molar-refractivity contribution in [1.82, 2.24) is 4.40 Å². The Bertz CT molecular complexity index is 1050. The average Bonchev–Trinajstić information content (AvgIpc) is 3.15. The fraction of sp³-hybridized carbons (Fsp3) is 0.0455. The number of benzene rings is 2. The predicted octanol–water partition coefficient (Wildman–Crippen LogP) is 4.92. The summed E-state index contributed by atoms with van der Waals surface area (Å²) in [6, 6.07) is 26.0. The number of hydrogen-bond acceptors (Lipinski definition) is 2. The van der Waals surface area contributed by atoms with E-state index >= 15 is 0 Å². The maximum absolute atomic E-state index is 11.7. The number of fused-ring (bicyclic) bond motifs is 1. The highest BCUT2D eigenvalue weighted by Gasteiger charge is 2.14. The summed E-state index contributed by atoms with van der Waals surface area (Å²) in [6.45, 7) is 0.558. The Balaban J connectivity index is 1.55. The van der Waals surface area contributed by atoms with Crippen LogP contribution in [0.15, 0.2) is 85.1 Å². The SMILES string of the molecule is O=C(O)c1c(NCc2ccc(-c3ccccc3)cc2)ccc2cccn12. The van der Waals surface area contributed by atoms with Crippen molar-refractivity contribution >= 4 is 17.2 Å². The lowest BCUT2D eigenvalue weighted by molar-refractivity contribution is 0.0690. The molecule has 0 fully saturated rings. The summed E-state index contributed by atoms with van der Waals surface area (Å²) in [5.41, 5.74) is 5.14. The minimum atomic E-state index is -0.950. The summed E-state index contributed by atoms with van der Waals surface area (Å²) in [5.74, 6) is -0.950. The number of rotatable bonds is 5. The van der Waals surface area contributed by atoms with Gasteiger partial charge in [0.2, 0.25) is 0 Å². The molecule has 128 valence electrons. The molecule has 0 spiro atoms. The molecule has 0 amide bonds. The zero-order valence-electron chi connectivity index (χ0n) is 14.1. The first-order valence-electron chi connectivity index (χ1n) is 8.44. The second-order valence-corrected chi connectivity index (χ2v) is 6.12. The highest BCUT2D eigenvalue weighted by molar-refractivity contribution is 5.93. The van der Waals surface area contributed by atoms with Gasteiger partial charge in [-0.2, -0.15) is 0 Å². The standard InChI is InChI=1S/C22H18N2O2/c25-22(26)21-20(13-12-19-7-4-14-24(19)21)23-15-16-8-10-18(11-9-16)17-5-2-1-3-6-17/h1-14,23H,15H2,(H,25,26). The van der Waals surface area contributed by atoms with E-state index in [1.54, 1.807) is 10.6 Å². The number of nitrogens with one attached hydrogen (secondary N) is 1. The van der Waals surface area contributed by atoms with Gasteiger partial charge in [-0.3, -0.25) is 0 Å². The minimum absolute atomic E-state index is 0.244. The predicted molar refractivity (Wildman–Crippen MR) is 104 cm³/mol. The number of anilines is 1. The van der Waals surface area contributed by atoms with Gasteiger partial charge in [0.1, 0.15) is 0 Å². The number of aromatic nitrogens is 1. The van der Waals surface area contributed by atoms with Crippen molar-refractivity contribution in [3.8, 4) is 11.1 Å². The Hall–Kier alpha value is -3.53. The number of aromatic carboxylic acids is 1. The molecule has 0 atom stereocenters. The molecule has 0 saturated carbocycles. The fourth-order valence-electron chi connectivity index (χ4n) is 3.11. The van der Waals surface area contributed by atoms with Gasteiger partial charge >= 0.3 is 5.97 Å². The molecule has 4 rings (SSSR count). The summed E-state index contributed by atoms with van der Waals surface area (Å²) >= 11 is 0. The van der Waals surface area contributed by atoms with Crippen LogP contribution in [0.1, 0.15) is 16.1 Å². The summed E-state index contributed by atoms with van der Waals surface area (Å²) < 4.78 is 1.68. The molecule has 2 N–H and O–H groups in total. The van der Waals surface area contributed by atoms with Gasteiger partial charge in [0.25, 0.3) is 0 Å². The molecule has 26 heavy (non-hydrogen) atoms. The van der Waals surface area contributed by atoms with Crippen molar-refractivity contribution in [2.45, 2.75) is 6.54 Å². The van der Waals surface area contributed by atoms with Gasteiger partial charge in [0, 0.05) is 18.3 Å². The molecule has 0 unspecified atom stereocenters. The second-order valence-electron chi connectivity index (χ2n) is 6.12. The van der Waals surface area contributed by atoms with Crippen molar-refractivity contribution in [2.75, 3.05) is 5.32 Å². The Kier molecular flexibility index (Phi) is 4.15. The highest BCUT2D eigenvalue weighted by Crippen LogP contribution is 2.22. The number of pyridine rings is 1. The third-order valence-corrected chi connectivity index (χ3v) is 4.44. The van der Waals surface area contributed by atoms with Crippen LogP contribution in [-0.4, -0.2) is 15.5 Å². The molecule has 4 aromatic rings. The van der Waals surface area contributed by atoms with Crippen molar-refractivity contribution in [2.24, 2.45) is 0 Å². The van der Waals surface area contributed by atoms with Crippen LogP contribution in [-0.2, 0) is 6.54 Å². The largest absolute Gasteiger partial charge is 0.476 e. The first kappa shape index (κ1) is 16.0. The van der Waals surface area contributed by atoms with Gasteiger partial charge in [-0.15, -0.1) is 0 Å². The van der Waals surface area contributed by atoms with Crippen LogP contribution in [0.5, 0.6) is 0 Å². The molecule has 2 aromatic heterocycles. The van der Waals surface area contributed by atoms with E-state index in [4.69, 9.17) is 0 Å². The van der Waals surface area contributed by atoms with E-state index < -0.39 is 5.97 Å². The molecule has 4 nitrogen and oxygen atoms in total. The molecule has 2 heterocycles. The zero-order valence-corrected chi connectivity index (χ0v) is 14.1. The molecule has 4 heteroatoms. The molecular formula is C22H18N2O2. The monoisotopic (exact) mass is 342 g/mol. The van der Waals surface area contributed by atoms with Gasteiger partial charge in [-0.1, -0.05) is 54.6 Å². The fourth-order valence-corrected chi connectivity index (χ4v) is 3.11. The van der Waals surface area contributed by atoms with Crippen LogP contribution in [0, 0.1) is 0 Å². The van der Waals surface area contributed by atoms with E-state index in [1.807, 2.05) is 42.5 Å². The second kappa shape index (κ2) is 6.76. The first-order valence-corrected chi connectivity index (χ1v) is 8.44. The lowest BCUT2D eigenvalue weighted by atomic mass is 10.0. The molecule has 0 saturated heterocycles. The number of carbonyl (C=O) groups is 1. The average molecular weight is 342 g/mol. The quantitative estimate of drug-likeness (QED) is 0.541. The molecular weight excluding hydrogens is 324 g/mol. The minimum Gasteiger partial charge on any atom is -0.476 e. The summed E-state index contributed by atoms with van der Waals surface area (Å²) in [4.78, 5) is 11.7. The lowest BCUT2D eigenvalue weighted by Gasteiger charge is -2.12. The Morgan fingerprint density at radius 1 is 0.846 bits per heavy atom. The van der Waals surface area contributed by atoms with E-state index in [0.29, 0.717) is 12.2 Å². The topological polar surface area (TPSA) is 53.7 Å². The van der Waals surface area contributed by atoms with Crippen molar-refractivity contribution in [3.05, 3.63) is 96.3 Å². The summed E-state index contributed by atoms with van der Waals surface area (Å²) in [7, 11) is 0. The number of nitrogens with zero attached hydrogens (tertiary/aromatic N) is 1. The van der Waals surface area contributed by atoms with Gasteiger partial charge in [-0.25, -0.2) is 4.79 Å². The Morgan fingerprint density at radius 2 is 1.58 bits per heavy atom. The number of carboxylic acid groups (broad SMARTS) is 1. The lowest BCUT2D eigenvalue weighted by Crippen LogP contribution is -2.11. The van der Waals surface area contributed by atoms with E-state index in [-0.39, 0.29) is 5.69 Å². The van der Waals surface area contributed by atoms with Crippen LogP contribution >= 0.6 is 0 Å². The van der Waals surface area contributed by atoms with E-state index in [0.717, 1.165) is 16.6 Å². The van der Waals surface area contributed by atoms with Crippen LogP contribution in [0.3, 0.4) is 0 Å². The highest BCUT2D eigenvalue weighted by atomic mass is 16.4. The molecule has 0 aliphatic rings. The summed E-state index contributed by atoms with van der Waals surface area (Å²) in [6.07, 6.45) is 1.76. The van der Waals surface area contributed by atoms with Gasteiger partial charge in [0.15, 0.2) is 5.69 Å². The van der Waals surface area contributed by atoms with Crippen LogP contribution in [0.4, 0.5) is 5.69 Å². The van der Waals surface area contributed by atoms with Crippen LogP contribution < -0.4 is 5.32 Å². The third-order valence-electron chi connectivity index (χ3n) is 4.44. The Labute approximate surface area is 151 Å². The molecule has 0 aliphatic heterocycles.